The fourth-order valence-electron chi connectivity index (χ4n) is 2.76. The number of aliphatic hydroxyl groups is 1. The highest BCUT2D eigenvalue weighted by Gasteiger charge is 2.29. The van der Waals surface area contributed by atoms with Crippen LogP contribution in [-0.2, 0) is 16.4 Å². The first kappa shape index (κ1) is 19.3. The fourth-order valence-corrected chi connectivity index (χ4v) is 4.70. The van der Waals surface area contributed by atoms with Crippen LogP contribution < -0.4 is 4.30 Å². The minimum absolute atomic E-state index is 0.0339. The summed E-state index contributed by atoms with van der Waals surface area (Å²) in [7, 11) is -3.86. The first-order valence-corrected chi connectivity index (χ1v) is 9.80. The van der Waals surface area contributed by atoms with Crippen LogP contribution in [0, 0.1) is 0 Å². The molecule has 1 aromatic carbocycles. The van der Waals surface area contributed by atoms with Crippen molar-refractivity contribution in [1.29, 1.82) is 0 Å². The highest BCUT2D eigenvalue weighted by molar-refractivity contribution is 7.89. The molecule has 0 saturated carbocycles. The van der Waals surface area contributed by atoms with Gasteiger partial charge in [-0.15, -0.1) is 0 Å². The number of rotatable bonds is 5. The van der Waals surface area contributed by atoms with Gasteiger partial charge in [-0.2, -0.15) is 4.31 Å². The Morgan fingerprint density at radius 3 is 2.79 bits per heavy atom. The number of nitrogens with zero attached hydrogens (tertiary/aromatic N) is 1. The number of benzene rings is 1. The molecule has 0 bridgehead atoms. The van der Waals surface area contributed by atoms with Crippen molar-refractivity contribution in [2.24, 2.45) is 0 Å². The highest BCUT2D eigenvalue weighted by atomic mass is 32.2. The van der Waals surface area contributed by atoms with Gasteiger partial charge in [-0.3, -0.25) is 9.18 Å². The molecule has 1 amide bonds. The van der Waals surface area contributed by atoms with Crippen LogP contribution in [0.25, 0.3) is 0 Å². The molecule has 2 radical (unpaired) electrons. The Hall–Kier alpha value is -0.978. The number of carbonyl (C=O) groups excluding carboxylic acids is 1. The molecule has 0 spiro atoms. The maximum absolute atomic E-state index is 13.0. The molecule has 130 valence electrons. The standard InChI is InChI=1S/C15H21FN2O4S.Al/c16-7-5-11-3-4-12(15(17)20)10-14(11)23(21,22)18-8-1-2-13(19)6-9-18;/h3-4,10,13,19H,1-2,5-9H2,(H2,17,20);/q;+1/p-1. The summed E-state index contributed by atoms with van der Waals surface area (Å²) in [5, 5.41) is 9.70. The summed E-state index contributed by atoms with van der Waals surface area (Å²) in [6.45, 7) is -0.177. The van der Waals surface area contributed by atoms with Crippen LogP contribution in [0.3, 0.4) is 0 Å². The molecule has 0 aliphatic carbocycles. The average molecular weight is 370 g/mol. The van der Waals surface area contributed by atoms with Gasteiger partial charge in [0.25, 0.3) is 0 Å². The number of nitrogens with one attached hydrogen (secondary N) is 1. The maximum atomic E-state index is 13.0. The molecule has 1 heterocycles. The first-order valence-electron chi connectivity index (χ1n) is 7.78. The Morgan fingerprint density at radius 2 is 2.12 bits per heavy atom. The van der Waals surface area contributed by atoms with Crippen LogP contribution >= 0.6 is 0 Å². The van der Waals surface area contributed by atoms with E-state index >= 15 is 0 Å². The molecule has 1 unspecified atom stereocenters. The number of aliphatic hydroxyl groups excluding tert-OH is 1. The topological polar surface area (TPSA) is 86.7 Å². The first-order chi connectivity index (χ1) is 11.4. The van der Waals surface area contributed by atoms with E-state index < -0.39 is 28.7 Å². The van der Waals surface area contributed by atoms with Gasteiger partial charge in [-0.05, 0) is 37.0 Å². The summed E-state index contributed by atoms with van der Waals surface area (Å²) in [5.74, 6) is -0.436. The van der Waals surface area contributed by atoms with Crippen LogP contribution in [-0.4, -0.2) is 66.1 Å². The van der Waals surface area contributed by atoms with E-state index in [1.54, 1.807) is 0 Å². The maximum Gasteiger partial charge on any atom is 0.310 e. The van der Waals surface area contributed by atoms with E-state index in [9.17, 15) is 22.7 Å². The number of halogens is 1. The number of alkyl halides is 1. The Bertz CT molecular complexity index is 699. The third kappa shape index (κ3) is 4.35. The summed E-state index contributed by atoms with van der Waals surface area (Å²) in [4.78, 5) is 11.7. The number of carbonyl (C=O) groups is 1. The minimum Gasteiger partial charge on any atom is -0.459 e. The Balaban J connectivity index is 2.44. The normalized spacial score (nSPS) is 19.7. The van der Waals surface area contributed by atoms with Gasteiger partial charge in [0.2, 0.25) is 15.9 Å². The second-order valence-electron chi connectivity index (χ2n) is 5.72. The Kier molecular flexibility index (Phi) is 6.78. The zero-order valence-electron chi connectivity index (χ0n) is 13.2. The van der Waals surface area contributed by atoms with Crippen molar-refractivity contribution >= 4 is 32.4 Å². The molecule has 1 aliphatic rings. The van der Waals surface area contributed by atoms with E-state index in [-0.39, 0.29) is 23.4 Å². The van der Waals surface area contributed by atoms with Gasteiger partial charge in [0.15, 0.2) is 0 Å². The third-order valence-corrected chi connectivity index (χ3v) is 6.34. The van der Waals surface area contributed by atoms with Gasteiger partial charge in [-0.1, -0.05) is 6.07 Å². The molecular formula is C15H20AlFN2O4S. The zero-order chi connectivity index (χ0) is 17.7. The summed E-state index contributed by atoms with van der Waals surface area (Å²) in [6, 6.07) is 4.25. The number of hydrogen-bond donors (Lipinski definition) is 2. The lowest BCUT2D eigenvalue weighted by molar-refractivity contribution is 0.0981. The number of aryl methyl sites for hydroxylation is 1. The number of hydrogen-bond acceptors (Lipinski definition) is 4. The Labute approximate surface area is 149 Å². The summed E-state index contributed by atoms with van der Waals surface area (Å²) >= 11 is 2.07. The monoisotopic (exact) mass is 370 g/mol. The van der Waals surface area contributed by atoms with Crippen molar-refractivity contribution in [3.05, 3.63) is 29.3 Å². The fraction of sp³-hybridized carbons (Fsp3) is 0.533. The van der Waals surface area contributed by atoms with Crippen molar-refractivity contribution in [3.8, 4) is 0 Å². The lowest BCUT2D eigenvalue weighted by Gasteiger charge is -2.22. The molecule has 1 fully saturated rings. The van der Waals surface area contributed by atoms with E-state index in [1.165, 1.54) is 22.5 Å². The second-order valence-corrected chi connectivity index (χ2v) is 7.92. The van der Waals surface area contributed by atoms with E-state index in [2.05, 4.69) is 20.8 Å². The van der Waals surface area contributed by atoms with Gasteiger partial charge in [-0.25, -0.2) is 8.42 Å². The lowest BCUT2D eigenvalue weighted by atomic mass is 10.1. The molecule has 1 aromatic rings. The molecule has 1 atom stereocenters. The van der Waals surface area contributed by atoms with Crippen molar-refractivity contribution < 1.29 is 22.7 Å². The van der Waals surface area contributed by atoms with Gasteiger partial charge < -0.3 is 9.41 Å². The van der Waals surface area contributed by atoms with Crippen molar-refractivity contribution in [2.75, 3.05) is 19.8 Å². The molecule has 6 nitrogen and oxygen atoms in total. The third-order valence-electron chi connectivity index (χ3n) is 4.10. The highest BCUT2D eigenvalue weighted by Crippen LogP contribution is 2.25. The molecule has 2 N–H and O–H groups in total. The smallest absolute Gasteiger partial charge is 0.310 e. The minimum atomic E-state index is -3.86. The largest absolute Gasteiger partial charge is 0.459 e. The quantitative estimate of drug-likeness (QED) is 0.741. The summed E-state index contributed by atoms with van der Waals surface area (Å²) < 4.78 is 42.5. The van der Waals surface area contributed by atoms with Crippen LogP contribution in [0.2, 0.25) is 0 Å². The zero-order valence-corrected chi connectivity index (χ0v) is 15.2. The Morgan fingerprint density at radius 1 is 1.38 bits per heavy atom. The summed E-state index contributed by atoms with van der Waals surface area (Å²) in [6.07, 6.45) is 0.936. The van der Waals surface area contributed by atoms with Crippen LogP contribution in [0.5, 0.6) is 0 Å². The molecule has 9 heteroatoms. The predicted molar refractivity (Wildman–Crippen MR) is 88.0 cm³/mol. The lowest BCUT2D eigenvalue weighted by Crippen LogP contribution is -2.33. The molecule has 1 aliphatic heterocycles. The number of amides is 1. The van der Waals surface area contributed by atoms with E-state index in [0.717, 1.165) is 0 Å². The predicted octanol–water partition coefficient (Wildman–Crippen LogP) is 0.547. The number of sulfonamides is 1. The average Bonchev–Trinajstić information content (AvgIpc) is 2.79. The van der Waals surface area contributed by atoms with Gasteiger partial charge in [0.05, 0.1) is 17.7 Å². The molecule has 2 rings (SSSR count). The van der Waals surface area contributed by atoms with Gasteiger partial charge in [0, 0.05) is 25.1 Å². The van der Waals surface area contributed by atoms with Crippen molar-refractivity contribution in [2.45, 2.75) is 36.7 Å². The van der Waals surface area contributed by atoms with Gasteiger partial charge in [0.1, 0.15) is 0 Å². The molecule has 24 heavy (non-hydrogen) atoms. The van der Waals surface area contributed by atoms with E-state index in [1.807, 2.05) is 0 Å². The van der Waals surface area contributed by atoms with E-state index in [0.29, 0.717) is 31.4 Å². The summed E-state index contributed by atoms with van der Waals surface area (Å²) in [5.41, 5.74) is 0.545. The molecule has 1 saturated heterocycles. The second kappa shape index (κ2) is 8.41. The molecular weight excluding hydrogens is 350 g/mol. The SMILES string of the molecule is O=C([NH][Al])c1ccc(CCF)c(S(=O)(=O)N2CCCC(O)CC2)c1. The van der Waals surface area contributed by atoms with E-state index in [4.69, 9.17) is 0 Å². The molecule has 0 aromatic heterocycles. The van der Waals surface area contributed by atoms with Crippen LogP contribution in [0.1, 0.15) is 35.2 Å². The van der Waals surface area contributed by atoms with Crippen LogP contribution in [0.15, 0.2) is 23.1 Å². The van der Waals surface area contributed by atoms with Crippen LogP contribution in [0.4, 0.5) is 4.39 Å². The van der Waals surface area contributed by atoms with Crippen molar-refractivity contribution in [1.82, 2.24) is 8.61 Å². The van der Waals surface area contributed by atoms with Gasteiger partial charge >= 0.3 is 16.5 Å². The van der Waals surface area contributed by atoms with Crippen molar-refractivity contribution in [3.63, 3.8) is 0 Å².